The number of anilines is 3. The lowest BCUT2D eigenvalue weighted by molar-refractivity contribution is 0.791. The summed E-state index contributed by atoms with van der Waals surface area (Å²) in [7, 11) is 1.88. The van der Waals surface area contributed by atoms with Crippen molar-refractivity contribution in [3.63, 3.8) is 0 Å². The molecule has 0 saturated heterocycles. The molecule has 0 aliphatic rings. The maximum atomic E-state index is 8.67. The third-order valence-corrected chi connectivity index (χ3v) is 2.89. The monoisotopic (exact) mass is 277 g/mol. The van der Waals surface area contributed by atoms with Gasteiger partial charge < -0.3 is 15.1 Å². The van der Waals surface area contributed by atoms with Gasteiger partial charge in [0.2, 0.25) is 17.8 Å². The number of hydrogen-bond donors (Lipinski definition) is 1. The van der Waals surface area contributed by atoms with E-state index in [1.54, 1.807) is 0 Å². The summed E-state index contributed by atoms with van der Waals surface area (Å²) >= 11 is 0. The molecule has 20 heavy (non-hydrogen) atoms. The fraction of sp³-hybridized carbons (Fsp3) is 0.692. The second kappa shape index (κ2) is 8.15. The maximum absolute atomic E-state index is 8.67. The lowest BCUT2D eigenvalue weighted by Gasteiger charge is -2.22. The van der Waals surface area contributed by atoms with Crippen molar-refractivity contribution in [2.24, 2.45) is 0 Å². The topological polar surface area (TPSA) is 81.0 Å². The molecule has 0 bridgehead atoms. The van der Waals surface area contributed by atoms with E-state index in [1.165, 1.54) is 0 Å². The van der Waals surface area contributed by atoms with Gasteiger partial charge in [-0.2, -0.15) is 20.2 Å². The van der Waals surface area contributed by atoms with Crippen molar-refractivity contribution in [3.8, 4) is 6.07 Å². The van der Waals surface area contributed by atoms with Crippen molar-refractivity contribution < 1.29 is 0 Å². The van der Waals surface area contributed by atoms with Gasteiger partial charge in [-0.3, -0.25) is 0 Å². The first kappa shape index (κ1) is 16.0. The average molecular weight is 277 g/mol. The van der Waals surface area contributed by atoms with Crippen molar-refractivity contribution in [1.82, 2.24) is 15.0 Å². The first-order valence-corrected chi connectivity index (χ1v) is 6.99. The minimum absolute atomic E-state index is 0.444. The number of hydrogen-bond acceptors (Lipinski definition) is 7. The Bertz CT molecular complexity index is 451. The van der Waals surface area contributed by atoms with Crippen LogP contribution in [0.25, 0.3) is 0 Å². The van der Waals surface area contributed by atoms with Crippen LogP contribution in [0.4, 0.5) is 17.8 Å². The highest BCUT2D eigenvalue weighted by molar-refractivity contribution is 5.44. The third kappa shape index (κ3) is 4.23. The molecule has 1 N–H and O–H groups in total. The number of rotatable bonds is 8. The second-order valence-corrected chi connectivity index (χ2v) is 4.29. The highest BCUT2D eigenvalue weighted by Crippen LogP contribution is 2.15. The molecule has 1 heterocycles. The van der Waals surface area contributed by atoms with E-state index >= 15 is 0 Å². The molecule has 1 aromatic rings. The predicted molar refractivity (Wildman–Crippen MR) is 81.1 cm³/mol. The Morgan fingerprint density at radius 1 is 1.10 bits per heavy atom. The van der Waals surface area contributed by atoms with E-state index in [0.29, 0.717) is 30.8 Å². The molecule has 0 atom stereocenters. The van der Waals surface area contributed by atoms with E-state index in [9.17, 15) is 0 Å². The van der Waals surface area contributed by atoms with Crippen LogP contribution in [-0.4, -0.2) is 48.2 Å². The number of nitrogens with zero attached hydrogens (tertiary/aromatic N) is 6. The fourth-order valence-corrected chi connectivity index (χ4v) is 1.73. The number of aromatic nitrogens is 3. The zero-order chi connectivity index (χ0) is 15.0. The Hall–Kier alpha value is -2.10. The minimum Gasteiger partial charge on any atom is -0.354 e. The second-order valence-electron chi connectivity index (χ2n) is 4.29. The summed E-state index contributed by atoms with van der Waals surface area (Å²) in [6.07, 6.45) is 0.444. The SMILES string of the molecule is CCNc1nc(N(C)CCC#N)nc(N(CC)CC)n1. The van der Waals surface area contributed by atoms with E-state index < -0.39 is 0 Å². The van der Waals surface area contributed by atoms with Gasteiger partial charge in [-0.1, -0.05) is 0 Å². The van der Waals surface area contributed by atoms with Gasteiger partial charge in [0.05, 0.1) is 12.5 Å². The minimum atomic E-state index is 0.444. The van der Waals surface area contributed by atoms with Gasteiger partial charge in [-0.05, 0) is 20.8 Å². The van der Waals surface area contributed by atoms with Crippen LogP contribution in [0.2, 0.25) is 0 Å². The van der Waals surface area contributed by atoms with Crippen molar-refractivity contribution >= 4 is 17.8 Å². The molecule has 0 radical (unpaired) electrons. The molecule has 110 valence electrons. The Kier molecular flexibility index (Phi) is 6.50. The van der Waals surface area contributed by atoms with E-state index in [2.05, 4.69) is 45.1 Å². The first-order chi connectivity index (χ1) is 9.65. The van der Waals surface area contributed by atoms with Crippen molar-refractivity contribution in [2.75, 3.05) is 48.3 Å². The molecule has 1 rings (SSSR count). The van der Waals surface area contributed by atoms with Crippen LogP contribution < -0.4 is 15.1 Å². The standard InChI is InChI=1S/C13H23N7/c1-5-15-11-16-12(19(4)10-8-9-14)18-13(17-11)20(6-2)7-3/h5-8,10H2,1-4H3,(H,15,16,17,18). The van der Waals surface area contributed by atoms with Gasteiger partial charge in [-0.15, -0.1) is 0 Å². The highest BCUT2D eigenvalue weighted by atomic mass is 15.4. The zero-order valence-electron chi connectivity index (χ0n) is 12.7. The highest BCUT2D eigenvalue weighted by Gasteiger charge is 2.13. The summed E-state index contributed by atoms with van der Waals surface area (Å²) in [5, 5.41) is 11.8. The van der Waals surface area contributed by atoms with E-state index in [0.717, 1.165) is 19.6 Å². The van der Waals surface area contributed by atoms with Crippen LogP contribution in [0.15, 0.2) is 0 Å². The molecule has 0 aromatic carbocycles. The summed E-state index contributed by atoms with van der Waals surface area (Å²) in [5.74, 6) is 1.83. The Morgan fingerprint density at radius 2 is 1.75 bits per heavy atom. The lowest BCUT2D eigenvalue weighted by atomic mass is 10.4. The van der Waals surface area contributed by atoms with Gasteiger partial charge in [0.25, 0.3) is 0 Å². The molecule has 0 aliphatic carbocycles. The summed E-state index contributed by atoms with van der Waals surface area (Å²) in [6.45, 7) is 9.17. The largest absolute Gasteiger partial charge is 0.354 e. The summed E-state index contributed by atoms with van der Waals surface area (Å²) in [5.41, 5.74) is 0. The lowest BCUT2D eigenvalue weighted by Crippen LogP contribution is -2.27. The first-order valence-electron chi connectivity index (χ1n) is 6.99. The molecule has 1 aromatic heterocycles. The van der Waals surface area contributed by atoms with Gasteiger partial charge in [0, 0.05) is 33.2 Å². The molecule has 7 heteroatoms. The van der Waals surface area contributed by atoms with Gasteiger partial charge in [-0.25, -0.2) is 0 Å². The summed E-state index contributed by atoms with van der Waals surface area (Å²) in [6, 6.07) is 2.13. The molecule has 7 nitrogen and oxygen atoms in total. The van der Waals surface area contributed by atoms with Crippen molar-refractivity contribution in [1.29, 1.82) is 5.26 Å². The molecular weight excluding hydrogens is 254 g/mol. The van der Waals surface area contributed by atoms with E-state index in [4.69, 9.17) is 5.26 Å². The maximum Gasteiger partial charge on any atom is 0.231 e. The van der Waals surface area contributed by atoms with Crippen LogP contribution in [0.3, 0.4) is 0 Å². The molecule has 0 saturated carbocycles. The third-order valence-electron chi connectivity index (χ3n) is 2.89. The van der Waals surface area contributed by atoms with Crippen LogP contribution >= 0.6 is 0 Å². The molecule has 0 amide bonds. The molecule has 0 spiro atoms. The van der Waals surface area contributed by atoms with E-state index in [1.807, 2.05) is 18.9 Å². The smallest absolute Gasteiger partial charge is 0.231 e. The van der Waals surface area contributed by atoms with Gasteiger partial charge in [0.1, 0.15) is 0 Å². The number of nitriles is 1. The van der Waals surface area contributed by atoms with Crippen LogP contribution in [0.5, 0.6) is 0 Å². The molecule has 0 fully saturated rings. The Morgan fingerprint density at radius 3 is 2.30 bits per heavy atom. The van der Waals surface area contributed by atoms with Gasteiger partial charge >= 0.3 is 0 Å². The predicted octanol–water partition coefficient (Wildman–Crippen LogP) is 1.50. The van der Waals surface area contributed by atoms with E-state index in [-0.39, 0.29) is 0 Å². The Labute approximate surface area is 120 Å². The van der Waals surface area contributed by atoms with Crippen LogP contribution in [0, 0.1) is 11.3 Å². The van der Waals surface area contributed by atoms with Crippen LogP contribution in [0.1, 0.15) is 27.2 Å². The zero-order valence-corrected chi connectivity index (χ0v) is 12.7. The molecular formula is C13H23N7. The van der Waals surface area contributed by atoms with Crippen LogP contribution in [-0.2, 0) is 0 Å². The van der Waals surface area contributed by atoms with Gasteiger partial charge in [0.15, 0.2) is 0 Å². The molecule has 0 aliphatic heterocycles. The quantitative estimate of drug-likeness (QED) is 0.771. The van der Waals surface area contributed by atoms with Crippen molar-refractivity contribution in [3.05, 3.63) is 0 Å². The molecule has 0 unspecified atom stereocenters. The Balaban J connectivity index is 3.06. The summed E-state index contributed by atoms with van der Waals surface area (Å²) < 4.78 is 0. The normalized spacial score (nSPS) is 9.95. The summed E-state index contributed by atoms with van der Waals surface area (Å²) in [4.78, 5) is 17.3. The fourth-order valence-electron chi connectivity index (χ4n) is 1.73. The number of nitrogens with one attached hydrogen (secondary N) is 1. The van der Waals surface area contributed by atoms with Crippen molar-refractivity contribution in [2.45, 2.75) is 27.2 Å². The average Bonchev–Trinajstić information content (AvgIpc) is 2.46.